The minimum absolute atomic E-state index is 0.0569. The molecular weight excluding hydrogens is 448 g/mol. The van der Waals surface area contributed by atoms with E-state index < -0.39 is 10.0 Å². The van der Waals surface area contributed by atoms with Crippen LogP contribution in [0.3, 0.4) is 0 Å². The zero-order valence-electron chi connectivity index (χ0n) is 17.6. The third kappa shape index (κ3) is 4.62. The highest BCUT2D eigenvalue weighted by Gasteiger charge is 2.15. The van der Waals surface area contributed by atoms with Gasteiger partial charge in [0.1, 0.15) is 5.76 Å². The van der Waals surface area contributed by atoms with Crippen LogP contribution in [-0.4, -0.2) is 23.1 Å². The number of fused-ring (bicyclic) bond motifs is 1. The molecule has 32 heavy (non-hydrogen) atoms. The minimum atomic E-state index is -3.74. The smallest absolute Gasteiger partial charge is 0.262 e. The molecule has 0 saturated heterocycles. The summed E-state index contributed by atoms with van der Waals surface area (Å²) in [5.74, 6) is 1.33. The Kier molecular flexibility index (Phi) is 6.18. The predicted molar refractivity (Wildman–Crippen MR) is 123 cm³/mol. The molecule has 0 fully saturated rings. The number of rotatable bonds is 7. The second kappa shape index (κ2) is 8.89. The molecule has 0 unspecified atom stereocenters. The molecule has 0 aliphatic rings. The number of para-hydroxylation sites is 1. The first-order valence-electron chi connectivity index (χ1n) is 9.90. The molecule has 166 valence electrons. The Morgan fingerprint density at radius 2 is 1.81 bits per heavy atom. The molecule has 2 aromatic heterocycles. The first-order chi connectivity index (χ1) is 15.2. The van der Waals surface area contributed by atoms with Crippen LogP contribution in [0.15, 0.2) is 67.9 Å². The minimum Gasteiger partial charge on any atom is -0.361 e. The number of hydrogen-bond donors (Lipinski definition) is 1. The molecule has 0 aliphatic heterocycles. The van der Waals surface area contributed by atoms with E-state index in [1.54, 1.807) is 22.8 Å². The highest BCUT2D eigenvalue weighted by atomic mass is 32.2. The van der Waals surface area contributed by atoms with E-state index in [0.717, 1.165) is 22.6 Å². The summed E-state index contributed by atoms with van der Waals surface area (Å²) in [7, 11) is -3.74. The predicted octanol–water partition coefficient (Wildman–Crippen LogP) is 3.18. The second-order valence-corrected chi connectivity index (χ2v) is 9.90. The van der Waals surface area contributed by atoms with Crippen molar-refractivity contribution in [2.24, 2.45) is 5.14 Å². The summed E-state index contributed by atoms with van der Waals surface area (Å²) >= 11 is 1.46. The molecule has 2 heterocycles. The second-order valence-electron chi connectivity index (χ2n) is 7.40. The molecule has 4 rings (SSSR count). The van der Waals surface area contributed by atoms with E-state index in [-0.39, 0.29) is 10.5 Å². The molecule has 0 saturated carbocycles. The summed E-state index contributed by atoms with van der Waals surface area (Å²) in [5, 5.41) is 10.3. The molecule has 0 amide bonds. The summed E-state index contributed by atoms with van der Waals surface area (Å²) in [6, 6.07) is 13.6. The van der Waals surface area contributed by atoms with Crippen molar-refractivity contribution in [2.75, 3.05) is 0 Å². The Morgan fingerprint density at radius 1 is 1.09 bits per heavy atom. The summed E-state index contributed by atoms with van der Waals surface area (Å²) < 4.78 is 29.8. The van der Waals surface area contributed by atoms with Crippen LogP contribution in [0.4, 0.5) is 0 Å². The molecule has 0 radical (unpaired) electrons. The lowest BCUT2D eigenvalue weighted by atomic mass is 10.1. The number of primary sulfonamides is 1. The number of nitrogens with zero attached hydrogens (tertiary/aromatic N) is 3. The van der Waals surface area contributed by atoms with Crippen LogP contribution in [0.25, 0.3) is 10.9 Å². The van der Waals surface area contributed by atoms with Gasteiger partial charge in [0, 0.05) is 17.9 Å². The van der Waals surface area contributed by atoms with Crippen molar-refractivity contribution in [3.63, 3.8) is 0 Å². The van der Waals surface area contributed by atoms with Crippen molar-refractivity contribution in [3.8, 4) is 0 Å². The van der Waals surface area contributed by atoms with Crippen LogP contribution in [0.2, 0.25) is 0 Å². The number of benzene rings is 2. The maximum atomic E-state index is 13.2. The number of nitrogens with two attached hydrogens (primary N) is 1. The van der Waals surface area contributed by atoms with Crippen LogP contribution < -0.4 is 10.7 Å². The first-order valence-corrected chi connectivity index (χ1v) is 12.4. The quantitative estimate of drug-likeness (QED) is 0.325. The third-order valence-electron chi connectivity index (χ3n) is 5.23. The van der Waals surface area contributed by atoms with E-state index in [4.69, 9.17) is 14.6 Å². The normalized spacial score (nSPS) is 11.8. The van der Waals surface area contributed by atoms with Gasteiger partial charge in [-0.2, -0.15) is 0 Å². The van der Waals surface area contributed by atoms with E-state index >= 15 is 0 Å². The fourth-order valence-electron chi connectivity index (χ4n) is 3.39. The van der Waals surface area contributed by atoms with E-state index in [2.05, 4.69) is 5.16 Å². The average Bonchev–Trinajstić information content (AvgIpc) is 3.09. The van der Waals surface area contributed by atoms with Crippen LogP contribution in [0, 0.1) is 13.8 Å². The molecule has 0 bridgehead atoms. The molecule has 0 aliphatic carbocycles. The van der Waals surface area contributed by atoms with Crippen LogP contribution >= 0.6 is 11.8 Å². The van der Waals surface area contributed by atoms with Gasteiger partial charge < -0.3 is 4.52 Å². The molecule has 2 N–H and O–H groups in total. The van der Waals surface area contributed by atoms with E-state index in [1.165, 1.54) is 23.9 Å². The Bertz CT molecular complexity index is 1420. The number of hydrogen-bond acceptors (Lipinski definition) is 7. The maximum Gasteiger partial charge on any atom is 0.262 e. The van der Waals surface area contributed by atoms with E-state index in [1.807, 2.05) is 32.0 Å². The van der Waals surface area contributed by atoms with Crippen molar-refractivity contribution < 1.29 is 12.9 Å². The highest BCUT2D eigenvalue weighted by Crippen LogP contribution is 2.26. The Balaban J connectivity index is 1.65. The van der Waals surface area contributed by atoms with Crippen LogP contribution in [-0.2, 0) is 28.7 Å². The fourth-order valence-corrected chi connectivity index (χ4v) is 5.08. The average molecular weight is 471 g/mol. The maximum absolute atomic E-state index is 13.2. The van der Waals surface area contributed by atoms with Gasteiger partial charge in [0.15, 0.2) is 5.16 Å². The van der Waals surface area contributed by atoms with Crippen LogP contribution in [0.1, 0.15) is 22.6 Å². The molecule has 4 aromatic rings. The number of aromatic nitrogens is 3. The lowest BCUT2D eigenvalue weighted by Gasteiger charge is -2.13. The number of sulfonamides is 1. The van der Waals surface area contributed by atoms with Gasteiger partial charge in [-0.25, -0.2) is 18.5 Å². The zero-order chi connectivity index (χ0) is 22.9. The monoisotopic (exact) mass is 470 g/mol. The molecular formula is C22H22N4O4S2. The van der Waals surface area contributed by atoms with Gasteiger partial charge in [0.2, 0.25) is 10.0 Å². The van der Waals surface area contributed by atoms with Gasteiger partial charge in [-0.15, -0.1) is 0 Å². The number of aryl methyl sites for hydroxylation is 3. The lowest BCUT2D eigenvalue weighted by Crippen LogP contribution is -2.24. The summed E-state index contributed by atoms with van der Waals surface area (Å²) in [6.07, 6.45) is 0.531. The van der Waals surface area contributed by atoms with Gasteiger partial charge in [0.05, 0.1) is 21.5 Å². The van der Waals surface area contributed by atoms with Crippen molar-refractivity contribution in [3.05, 3.63) is 81.5 Å². The standard InChI is InChI=1S/C22H22N4O4S2/c1-14-19(15(2)30-25-14)13-31-22-24-20-6-4-3-5-18(20)21(27)26(22)12-11-16-7-9-17(10-8-16)32(23,28)29/h3-10H,11-13H2,1-2H3,(H2,23,28,29). The van der Waals surface area contributed by atoms with Crippen molar-refractivity contribution >= 4 is 32.7 Å². The van der Waals surface area contributed by atoms with E-state index in [9.17, 15) is 13.2 Å². The van der Waals surface area contributed by atoms with Gasteiger partial charge in [-0.3, -0.25) is 9.36 Å². The Morgan fingerprint density at radius 3 is 2.47 bits per heavy atom. The van der Waals surface area contributed by atoms with E-state index in [0.29, 0.717) is 34.8 Å². The SMILES string of the molecule is Cc1noc(C)c1CSc1nc2ccccc2c(=O)n1CCc1ccc(S(N)(=O)=O)cc1. The van der Waals surface area contributed by atoms with Crippen molar-refractivity contribution in [1.29, 1.82) is 0 Å². The summed E-state index contributed by atoms with van der Waals surface area (Å²) in [5.41, 5.74) is 3.23. The van der Waals surface area contributed by atoms with Crippen molar-refractivity contribution in [2.45, 2.75) is 42.6 Å². The fraction of sp³-hybridized carbons (Fsp3) is 0.227. The van der Waals surface area contributed by atoms with Gasteiger partial charge in [-0.1, -0.05) is 41.2 Å². The molecule has 2 aromatic carbocycles. The molecule has 0 spiro atoms. The topological polar surface area (TPSA) is 121 Å². The largest absolute Gasteiger partial charge is 0.361 e. The summed E-state index contributed by atoms with van der Waals surface area (Å²) in [4.78, 5) is 18.0. The van der Waals surface area contributed by atoms with Gasteiger partial charge >= 0.3 is 0 Å². The van der Waals surface area contributed by atoms with Crippen molar-refractivity contribution in [1.82, 2.24) is 14.7 Å². The molecule has 8 nitrogen and oxygen atoms in total. The Hall–Kier alpha value is -2.95. The number of thioether (sulfide) groups is 1. The van der Waals surface area contributed by atoms with Crippen LogP contribution in [0.5, 0.6) is 0 Å². The zero-order valence-corrected chi connectivity index (χ0v) is 19.2. The Labute approximate surface area is 189 Å². The first kappa shape index (κ1) is 22.3. The summed E-state index contributed by atoms with van der Waals surface area (Å²) in [6.45, 7) is 4.15. The lowest BCUT2D eigenvalue weighted by molar-refractivity contribution is 0.392. The highest BCUT2D eigenvalue weighted by molar-refractivity contribution is 7.98. The molecule has 0 atom stereocenters. The van der Waals surface area contributed by atoms with Gasteiger partial charge in [-0.05, 0) is 50.1 Å². The van der Waals surface area contributed by atoms with Gasteiger partial charge in [0.25, 0.3) is 5.56 Å². The molecule has 10 heteroatoms. The third-order valence-corrected chi connectivity index (χ3v) is 7.16.